The highest BCUT2D eigenvalue weighted by molar-refractivity contribution is 6.30. The molecule has 1 aliphatic heterocycles. The zero-order valence-corrected chi connectivity index (χ0v) is 13.8. The molecule has 0 bridgehead atoms. The Balaban J connectivity index is 1.35. The van der Waals surface area contributed by atoms with Gasteiger partial charge in [-0.3, -0.25) is 4.79 Å². The van der Waals surface area contributed by atoms with Crippen LogP contribution >= 0.6 is 11.6 Å². The van der Waals surface area contributed by atoms with Crippen LogP contribution in [0.5, 0.6) is 5.75 Å². The van der Waals surface area contributed by atoms with E-state index in [1.807, 2.05) is 18.2 Å². The smallest absolute Gasteiger partial charge is 0.261 e. The van der Waals surface area contributed by atoms with Crippen molar-refractivity contribution in [2.45, 2.75) is 19.1 Å². The number of aromatic nitrogens is 4. The molecule has 3 heterocycles. The van der Waals surface area contributed by atoms with Crippen molar-refractivity contribution in [3.05, 3.63) is 65.3 Å². The van der Waals surface area contributed by atoms with Gasteiger partial charge in [0.15, 0.2) is 11.9 Å². The van der Waals surface area contributed by atoms with Gasteiger partial charge in [-0.05, 0) is 35.4 Å². The number of hydrogen-bond acceptors (Lipinski definition) is 5. The quantitative estimate of drug-likeness (QED) is 0.773. The van der Waals surface area contributed by atoms with Gasteiger partial charge in [0.05, 0.1) is 0 Å². The molecule has 0 radical (unpaired) electrons. The summed E-state index contributed by atoms with van der Waals surface area (Å²) in [4.78, 5) is 20.5. The van der Waals surface area contributed by atoms with Crippen molar-refractivity contribution < 1.29 is 9.53 Å². The van der Waals surface area contributed by atoms with Crippen LogP contribution in [0.4, 0.5) is 0 Å². The lowest BCUT2D eigenvalue weighted by Gasteiger charge is -2.11. The van der Waals surface area contributed by atoms with Crippen LogP contribution < -0.4 is 10.1 Å². The number of hydrogen-bond donors (Lipinski definition) is 1. The summed E-state index contributed by atoms with van der Waals surface area (Å²) in [5, 5.41) is 7.53. The number of nitrogens with zero attached hydrogens (tertiary/aromatic N) is 4. The van der Waals surface area contributed by atoms with Crippen LogP contribution in [0.1, 0.15) is 11.1 Å². The largest absolute Gasteiger partial charge is 0.480 e. The average Bonchev–Trinajstić information content (AvgIpc) is 3.29. The van der Waals surface area contributed by atoms with E-state index < -0.39 is 6.10 Å². The minimum absolute atomic E-state index is 0.160. The maximum atomic E-state index is 12.3. The van der Waals surface area contributed by atoms with Gasteiger partial charge in [-0.25, -0.2) is 14.6 Å². The van der Waals surface area contributed by atoms with Crippen LogP contribution in [-0.2, 0) is 17.8 Å². The normalized spacial score (nSPS) is 15.5. The second-order valence-electron chi connectivity index (χ2n) is 5.65. The van der Waals surface area contributed by atoms with Crippen LogP contribution in [0.25, 0.3) is 5.82 Å². The van der Waals surface area contributed by atoms with Crippen LogP contribution in [0.2, 0.25) is 5.02 Å². The SMILES string of the molecule is O=C(NCc1ccc(-n2cncn2)nc1)C1Cc2cc(Cl)ccc2O1. The van der Waals surface area contributed by atoms with E-state index in [0.717, 1.165) is 11.1 Å². The van der Waals surface area contributed by atoms with Crippen molar-refractivity contribution in [2.75, 3.05) is 0 Å². The molecule has 0 saturated heterocycles. The Bertz CT molecular complexity index is 896. The van der Waals surface area contributed by atoms with E-state index in [4.69, 9.17) is 16.3 Å². The zero-order chi connectivity index (χ0) is 17.2. The number of carbonyl (C=O) groups is 1. The number of nitrogens with one attached hydrogen (secondary N) is 1. The summed E-state index contributed by atoms with van der Waals surface area (Å²) in [5.41, 5.74) is 1.84. The highest BCUT2D eigenvalue weighted by atomic mass is 35.5. The van der Waals surface area contributed by atoms with Gasteiger partial charge >= 0.3 is 0 Å². The number of ether oxygens (including phenoxy) is 1. The molecule has 0 saturated carbocycles. The van der Waals surface area contributed by atoms with Crippen LogP contribution in [0.3, 0.4) is 0 Å². The number of rotatable bonds is 4. The second-order valence-corrected chi connectivity index (χ2v) is 6.08. The fourth-order valence-electron chi connectivity index (χ4n) is 2.65. The maximum Gasteiger partial charge on any atom is 0.261 e. The van der Waals surface area contributed by atoms with Crippen LogP contribution in [0.15, 0.2) is 49.2 Å². The molecule has 0 spiro atoms. The zero-order valence-electron chi connectivity index (χ0n) is 13.1. The molecule has 126 valence electrons. The molecule has 1 N–H and O–H groups in total. The summed E-state index contributed by atoms with van der Waals surface area (Å²) in [6.45, 7) is 0.375. The molecule has 1 amide bonds. The van der Waals surface area contributed by atoms with Gasteiger partial charge in [0.25, 0.3) is 5.91 Å². The van der Waals surface area contributed by atoms with Crippen LogP contribution in [0, 0.1) is 0 Å². The molecule has 3 aromatic rings. The standard InChI is InChI=1S/C17H14ClN5O2/c18-13-2-3-14-12(5-13)6-15(25-14)17(24)21-8-11-1-4-16(20-7-11)23-10-19-9-22-23/h1-5,7,9-10,15H,6,8H2,(H,21,24). The molecular weight excluding hydrogens is 342 g/mol. The van der Waals surface area contributed by atoms with Crippen molar-refractivity contribution in [2.24, 2.45) is 0 Å². The molecule has 4 rings (SSSR count). The molecule has 1 atom stereocenters. The van der Waals surface area contributed by atoms with E-state index in [0.29, 0.717) is 29.6 Å². The Hall–Kier alpha value is -2.93. The molecule has 0 fully saturated rings. The lowest BCUT2D eigenvalue weighted by molar-refractivity contribution is -0.127. The highest BCUT2D eigenvalue weighted by Gasteiger charge is 2.28. The number of amides is 1. The monoisotopic (exact) mass is 355 g/mol. The Kier molecular flexibility index (Phi) is 4.07. The summed E-state index contributed by atoms with van der Waals surface area (Å²) in [6, 6.07) is 9.08. The van der Waals surface area contributed by atoms with Crippen molar-refractivity contribution in [3.63, 3.8) is 0 Å². The summed E-state index contributed by atoms with van der Waals surface area (Å²) < 4.78 is 7.24. The molecule has 1 unspecified atom stereocenters. The van der Waals surface area contributed by atoms with Crippen LogP contribution in [-0.4, -0.2) is 31.8 Å². The Labute approximate surface area is 148 Å². The van der Waals surface area contributed by atoms with E-state index >= 15 is 0 Å². The number of pyridine rings is 1. The van der Waals surface area contributed by atoms with Crippen molar-refractivity contribution in [1.82, 2.24) is 25.1 Å². The molecule has 7 nitrogen and oxygen atoms in total. The van der Waals surface area contributed by atoms with Gasteiger partial charge in [-0.15, -0.1) is 0 Å². The van der Waals surface area contributed by atoms with Gasteiger partial charge in [-0.2, -0.15) is 5.10 Å². The third kappa shape index (κ3) is 3.32. The van der Waals surface area contributed by atoms with E-state index in [9.17, 15) is 4.79 Å². The number of carbonyl (C=O) groups excluding carboxylic acids is 1. The lowest BCUT2D eigenvalue weighted by Crippen LogP contribution is -2.37. The van der Waals surface area contributed by atoms with E-state index in [2.05, 4.69) is 20.4 Å². The summed E-state index contributed by atoms with van der Waals surface area (Å²) >= 11 is 5.97. The maximum absolute atomic E-state index is 12.3. The number of halogens is 1. The molecule has 8 heteroatoms. The summed E-state index contributed by atoms with van der Waals surface area (Å²) in [6.07, 6.45) is 4.70. The van der Waals surface area contributed by atoms with Crippen molar-refractivity contribution in [3.8, 4) is 11.6 Å². The third-order valence-corrected chi connectivity index (χ3v) is 4.15. The topological polar surface area (TPSA) is 81.9 Å². The minimum atomic E-state index is -0.532. The highest BCUT2D eigenvalue weighted by Crippen LogP contribution is 2.31. The van der Waals surface area contributed by atoms with Gasteiger partial charge < -0.3 is 10.1 Å². The Morgan fingerprint density at radius 2 is 2.28 bits per heavy atom. The summed E-state index contributed by atoms with van der Waals surface area (Å²) in [5.74, 6) is 1.22. The van der Waals surface area contributed by atoms with Gasteiger partial charge in [0.1, 0.15) is 18.4 Å². The fraction of sp³-hybridized carbons (Fsp3) is 0.176. The first-order valence-electron chi connectivity index (χ1n) is 7.72. The average molecular weight is 356 g/mol. The minimum Gasteiger partial charge on any atom is -0.480 e. The second kappa shape index (κ2) is 6.52. The molecule has 1 aromatic carbocycles. The first-order chi connectivity index (χ1) is 12.2. The van der Waals surface area contributed by atoms with E-state index in [1.165, 1.54) is 6.33 Å². The van der Waals surface area contributed by atoms with Crippen molar-refractivity contribution >= 4 is 17.5 Å². The number of fused-ring (bicyclic) bond motifs is 1. The molecule has 25 heavy (non-hydrogen) atoms. The Morgan fingerprint density at radius 1 is 1.36 bits per heavy atom. The Morgan fingerprint density at radius 3 is 3.04 bits per heavy atom. The lowest BCUT2D eigenvalue weighted by atomic mass is 10.1. The van der Waals surface area contributed by atoms with Gasteiger partial charge in [-0.1, -0.05) is 17.7 Å². The molecule has 1 aliphatic rings. The van der Waals surface area contributed by atoms with Crippen molar-refractivity contribution in [1.29, 1.82) is 0 Å². The predicted octanol–water partition coefficient (Wildman–Crippen LogP) is 1.94. The summed E-state index contributed by atoms with van der Waals surface area (Å²) in [7, 11) is 0. The molecule has 2 aromatic heterocycles. The first-order valence-corrected chi connectivity index (χ1v) is 8.09. The first kappa shape index (κ1) is 15.6. The van der Waals surface area contributed by atoms with E-state index in [1.54, 1.807) is 29.3 Å². The van der Waals surface area contributed by atoms with Gasteiger partial charge in [0.2, 0.25) is 0 Å². The predicted molar refractivity (Wildman–Crippen MR) is 90.6 cm³/mol. The molecule has 0 aliphatic carbocycles. The third-order valence-electron chi connectivity index (χ3n) is 3.92. The van der Waals surface area contributed by atoms with Gasteiger partial charge in [0, 0.05) is 24.2 Å². The molecular formula is C17H14ClN5O2. The number of benzene rings is 1. The fourth-order valence-corrected chi connectivity index (χ4v) is 2.84. The van der Waals surface area contributed by atoms with E-state index in [-0.39, 0.29) is 5.91 Å².